The third-order valence-electron chi connectivity index (χ3n) is 4.07. The van der Waals surface area contributed by atoms with Crippen LogP contribution < -0.4 is 4.74 Å². The summed E-state index contributed by atoms with van der Waals surface area (Å²) in [5.41, 5.74) is 0.419. The second-order valence-corrected chi connectivity index (χ2v) is 5.96. The fourth-order valence-electron chi connectivity index (χ4n) is 2.95. The van der Waals surface area contributed by atoms with E-state index in [1.165, 1.54) is 12.8 Å². The topological polar surface area (TPSA) is 45.9 Å². The molecular weight excluding hydrogens is 236 g/mol. The SMILES string of the molecule is CC1CCC(C(C)C)C(Oc2cccc(C#N)n2)C1. The summed E-state index contributed by atoms with van der Waals surface area (Å²) in [5.74, 6) is 2.50. The maximum absolute atomic E-state index is 8.88. The first kappa shape index (κ1) is 13.9. The highest BCUT2D eigenvalue weighted by molar-refractivity contribution is 5.24. The van der Waals surface area contributed by atoms with Crippen molar-refractivity contribution in [2.75, 3.05) is 0 Å². The van der Waals surface area contributed by atoms with Gasteiger partial charge in [0.1, 0.15) is 17.9 Å². The Morgan fingerprint density at radius 2 is 2.16 bits per heavy atom. The van der Waals surface area contributed by atoms with Gasteiger partial charge in [0.25, 0.3) is 0 Å². The maximum atomic E-state index is 8.88. The summed E-state index contributed by atoms with van der Waals surface area (Å²) in [5, 5.41) is 8.88. The van der Waals surface area contributed by atoms with Crippen molar-refractivity contribution in [1.29, 1.82) is 5.26 Å². The highest BCUT2D eigenvalue weighted by Crippen LogP contribution is 2.35. The van der Waals surface area contributed by atoms with Gasteiger partial charge in [-0.2, -0.15) is 5.26 Å². The maximum Gasteiger partial charge on any atom is 0.214 e. The summed E-state index contributed by atoms with van der Waals surface area (Å²) in [6, 6.07) is 7.44. The van der Waals surface area contributed by atoms with E-state index in [-0.39, 0.29) is 6.10 Å². The van der Waals surface area contributed by atoms with Gasteiger partial charge in [-0.25, -0.2) is 4.98 Å². The molecule has 1 heterocycles. The van der Waals surface area contributed by atoms with Crippen molar-refractivity contribution >= 4 is 0 Å². The Balaban J connectivity index is 2.12. The standard InChI is InChI=1S/C16H22N2O/c1-11(2)14-8-7-12(3)9-15(14)19-16-6-4-5-13(10-17)18-16/h4-6,11-12,14-15H,7-9H2,1-3H3. The van der Waals surface area contributed by atoms with Crippen LogP contribution in [0.25, 0.3) is 0 Å². The molecule has 0 saturated heterocycles. The van der Waals surface area contributed by atoms with Crippen LogP contribution in [0.4, 0.5) is 0 Å². The quantitative estimate of drug-likeness (QED) is 0.828. The van der Waals surface area contributed by atoms with Crippen molar-refractivity contribution in [3.05, 3.63) is 23.9 Å². The monoisotopic (exact) mass is 258 g/mol. The molecule has 3 unspecified atom stereocenters. The minimum atomic E-state index is 0.227. The van der Waals surface area contributed by atoms with Gasteiger partial charge in [0.2, 0.25) is 5.88 Å². The van der Waals surface area contributed by atoms with E-state index in [2.05, 4.69) is 31.8 Å². The van der Waals surface area contributed by atoms with Crippen LogP contribution in [0.15, 0.2) is 18.2 Å². The Morgan fingerprint density at radius 1 is 1.37 bits per heavy atom. The average molecular weight is 258 g/mol. The van der Waals surface area contributed by atoms with Crippen molar-refractivity contribution in [2.24, 2.45) is 17.8 Å². The zero-order valence-electron chi connectivity index (χ0n) is 12.0. The van der Waals surface area contributed by atoms with Gasteiger partial charge in [-0.3, -0.25) is 0 Å². The van der Waals surface area contributed by atoms with Gasteiger partial charge in [-0.15, -0.1) is 0 Å². The predicted molar refractivity (Wildman–Crippen MR) is 74.7 cm³/mol. The number of aromatic nitrogens is 1. The van der Waals surface area contributed by atoms with Crippen LogP contribution in [-0.2, 0) is 0 Å². The first-order valence-electron chi connectivity index (χ1n) is 7.14. The number of ether oxygens (including phenoxy) is 1. The molecule has 1 aliphatic carbocycles. The molecule has 19 heavy (non-hydrogen) atoms. The van der Waals surface area contributed by atoms with Crippen LogP contribution in [-0.4, -0.2) is 11.1 Å². The van der Waals surface area contributed by atoms with Crippen LogP contribution in [0.3, 0.4) is 0 Å². The molecule has 3 atom stereocenters. The zero-order valence-corrected chi connectivity index (χ0v) is 12.0. The van der Waals surface area contributed by atoms with Crippen molar-refractivity contribution in [1.82, 2.24) is 4.98 Å². The Bertz CT molecular complexity index is 464. The lowest BCUT2D eigenvalue weighted by Crippen LogP contribution is -2.36. The predicted octanol–water partition coefficient (Wildman–Crippen LogP) is 3.79. The number of nitriles is 1. The second-order valence-electron chi connectivity index (χ2n) is 5.96. The largest absolute Gasteiger partial charge is 0.474 e. The molecule has 1 saturated carbocycles. The molecule has 0 amide bonds. The molecule has 102 valence electrons. The molecule has 1 aromatic heterocycles. The van der Waals surface area contributed by atoms with E-state index in [1.54, 1.807) is 6.07 Å². The fourth-order valence-corrected chi connectivity index (χ4v) is 2.95. The lowest BCUT2D eigenvalue weighted by atomic mass is 9.75. The molecule has 3 heteroatoms. The number of nitrogens with zero attached hydrogens (tertiary/aromatic N) is 2. The normalized spacial score (nSPS) is 27.0. The van der Waals surface area contributed by atoms with Crippen LogP contribution >= 0.6 is 0 Å². The number of hydrogen-bond acceptors (Lipinski definition) is 3. The minimum Gasteiger partial charge on any atom is -0.474 e. The summed E-state index contributed by atoms with van der Waals surface area (Å²) in [4.78, 5) is 4.22. The van der Waals surface area contributed by atoms with Crippen LogP contribution in [0, 0.1) is 29.1 Å². The Morgan fingerprint density at radius 3 is 2.84 bits per heavy atom. The van der Waals surface area contributed by atoms with Crippen LogP contribution in [0.2, 0.25) is 0 Å². The van der Waals surface area contributed by atoms with Gasteiger partial charge < -0.3 is 4.74 Å². The Hall–Kier alpha value is -1.56. The zero-order chi connectivity index (χ0) is 13.8. The molecule has 0 N–H and O–H groups in total. The molecule has 0 spiro atoms. The number of pyridine rings is 1. The molecule has 0 aliphatic heterocycles. The Kier molecular flexibility index (Phi) is 4.42. The highest BCUT2D eigenvalue weighted by atomic mass is 16.5. The molecule has 0 radical (unpaired) electrons. The smallest absolute Gasteiger partial charge is 0.214 e. The van der Waals surface area contributed by atoms with Gasteiger partial charge in [0, 0.05) is 6.07 Å². The third kappa shape index (κ3) is 3.47. The summed E-state index contributed by atoms with van der Waals surface area (Å²) in [6.45, 7) is 6.80. The summed E-state index contributed by atoms with van der Waals surface area (Å²) in [7, 11) is 0. The molecule has 3 nitrogen and oxygen atoms in total. The molecule has 0 bridgehead atoms. The van der Waals surface area contributed by atoms with E-state index in [1.807, 2.05) is 12.1 Å². The van der Waals surface area contributed by atoms with Gasteiger partial charge in [0.05, 0.1) is 0 Å². The van der Waals surface area contributed by atoms with E-state index >= 15 is 0 Å². The number of hydrogen-bond donors (Lipinski definition) is 0. The van der Waals surface area contributed by atoms with Gasteiger partial charge in [-0.1, -0.05) is 33.3 Å². The molecule has 1 fully saturated rings. The second kappa shape index (κ2) is 6.06. The van der Waals surface area contributed by atoms with E-state index in [9.17, 15) is 0 Å². The number of rotatable bonds is 3. The van der Waals surface area contributed by atoms with Crippen molar-refractivity contribution < 1.29 is 4.74 Å². The van der Waals surface area contributed by atoms with Gasteiger partial charge >= 0.3 is 0 Å². The van der Waals surface area contributed by atoms with Crippen molar-refractivity contribution in [3.8, 4) is 11.9 Å². The minimum absolute atomic E-state index is 0.227. The van der Waals surface area contributed by atoms with Gasteiger partial charge in [0.15, 0.2) is 0 Å². The molecule has 1 aliphatic rings. The van der Waals surface area contributed by atoms with E-state index in [0.29, 0.717) is 29.3 Å². The lowest BCUT2D eigenvalue weighted by molar-refractivity contribution is 0.0426. The Labute approximate surface area is 115 Å². The third-order valence-corrected chi connectivity index (χ3v) is 4.07. The average Bonchev–Trinajstić information content (AvgIpc) is 2.38. The molecule has 0 aromatic carbocycles. The lowest BCUT2D eigenvalue weighted by Gasteiger charge is -2.37. The highest BCUT2D eigenvalue weighted by Gasteiger charge is 2.32. The van der Waals surface area contributed by atoms with Crippen LogP contribution in [0.1, 0.15) is 45.7 Å². The summed E-state index contributed by atoms with van der Waals surface area (Å²) >= 11 is 0. The van der Waals surface area contributed by atoms with Crippen LogP contribution in [0.5, 0.6) is 5.88 Å². The van der Waals surface area contributed by atoms with Gasteiger partial charge in [-0.05, 0) is 36.7 Å². The molecule has 2 rings (SSSR count). The summed E-state index contributed by atoms with van der Waals surface area (Å²) < 4.78 is 6.08. The first-order valence-corrected chi connectivity index (χ1v) is 7.14. The molecule has 1 aromatic rings. The van der Waals surface area contributed by atoms with E-state index in [0.717, 1.165) is 6.42 Å². The van der Waals surface area contributed by atoms with E-state index < -0.39 is 0 Å². The van der Waals surface area contributed by atoms with Crippen molar-refractivity contribution in [3.63, 3.8) is 0 Å². The van der Waals surface area contributed by atoms with Crippen molar-refractivity contribution in [2.45, 2.75) is 46.1 Å². The first-order chi connectivity index (χ1) is 9.10. The van der Waals surface area contributed by atoms with E-state index in [4.69, 9.17) is 10.00 Å². The fraction of sp³-hybridized carbons (Fsp3) is 0.625. The summed E-state index contributed by atoms with van der Waals surface area (Å²) in [6.07, 6.45) is 3.82. The molecular formula is C16H22N2O.